The predicted molar refractivity (Wildman–Crippen MR) is 55.8 cm³/mol. The summed E-state index contributed by atoms with van der Waals surface area (Å²) < 4.78 is 0. The van der Waals surface area contributed by atoms with Gasteiger partial charge in [0.25, 0.3) is 0 Å². The van der Waals surface area contributed by atoms with Crippen LogP contribution in [0.15, 0.2) is 0 Å². The molecule has 0 heterocycles. The van der Waals surface area contributed by atoms with Gasteiger partial charge in [-0.2, -0.15) is 0 Å². The lowest BCUT2D eigenvalue weighted by molar-refractivity contribution is -0.132. The Morgan fingerprint density at radius 3 is 2.57 bits per heavy atom. The third-order valence-corrected chi connectivity index (χ3v) is 3.59. The minimum absolute atomic E-state index is 0.0727. The highest BCUT2D eigenvalue weighted by molar-refractivity contribution is 5.78. The summed E-state index contributed by atoms with van der Waals surface area (Å²) in [5.41, 5.74) is -0.164. The van der Waals surface area contributed by atoms with E-state index in [1.807, 2.05) is 27.7 Å². The Hall–Kier alpha value is -0.570. The van der Waals surface area contributed by atoms with E-state index in [1.165, 1.54) is 0 Å². The summed E-state index contributed by atoms with van der Waals surface area (Å²) in [4.78, 5) is 11.6. The largest absolute Gasteiger partial charge is 0.392 e. The molecular formula is C11H21NO2. The molecule has 3 heteroatoms. The van der Waals surface area contributed by atoms with Gasteiger partial charge in [0, 0.05) is 17.4 Å². The van der Waals surface area contributed by atoms with Crippen LogP contribution in [0.2, 0.25) is 0 Å². The second kappa shape index (κ2) is 3.89. The predicted octanol–water partition coefficient (Wildman–Crippen LogP) is 1.31. The van der Waals surface area contributed by atoms with Crippen LogP contribution in [0.5, 0.6) is 0 Å². The molecule has 0 bridgehead atoms. The van der Waals surface area contributed by atoms with Crippen LogP contribution in [0, 0.1) is 11.3 Å². The lowest BCUT2D eigenvalue weighted by Gasteiger charge is -2.49. The topological polar surface area (TPSA) is 49.3 Å². The van der Waals surface area contributed by atoms with Gasteiger partial charge in [-0.05, 0) is 12.8 Å². The summed E-state index contributed by atoms with van der Waals surface area (Å²) in [6.45, 7) is 7.91. The molecule has 1 rings (SSSR count). The number of carbonyl (C=O) groups is 1. The Bertz CT molecular complexity index is 225. The molecule has 0 saturated heterocycles. The van der Waals surface area contributed by atoms with Crippen LogP contribution < -0.4 is 5.32 Å². The van der Waals surface area contributed by atoms with Crippen molar-refractivity contribution in [3.8, 4) is 0 Å². The van der Waals surface area contributed by atoms with Gasteiger partial charge in [0.05, 0.1) is 6.10 Å². The molecule has 3 unspecified atom stereocenters. The molecule has 3 nitrogen and oxygen atoms in total. The summed E-state index contributed by atoms with van der Waals surface area (Å²) in [6, 6.07) is 0.138. The molecule has 3 atom stereocenters. The first-order chi connectivity index (χ1) is 6.39. The molecule has 0 aliphatic heterocycles. The van der Waals surface area contributed by atoms with Gasteiger partial charge in [-0.3, -0.25) is 4.79 Å². The maximum atomic E-state index is 11.6. The van der Waals surface area contributed by atoms with Gasteiger partial charge in [-0.25, -0.2) is 0 Å². The zero-order valence-electron chi connectivity index (χ0n) is 9.50. The van der Waals surface area contributed by atoms with Gasteiger partial charge in [0.2, 0.25) is 5.91 Å². The highest BCUT2D eigenvalue weighted by Gasteiger charge is 2.48. The number of nitrogens with one attached hydrogen (secondary N) is 1. The maximum absolute atomic E-state index is 11.6. The summed E-state index contributed by atoms with van der Waals surface area (Å²) >= 11 is 0. The third-order valence-electron chi connectivity index (χ3n) is 3.59. The monoisotopic (exact) mass is 199 g/mol. The smallest absolute Gasteiger partial charge is 0.223 e. The third kappa shape index (κ3) is 1.92. The quantitative estimate of drug-likeness (QED) is 0.720. The van der Waals surface area contributed by atoms with E-state index in [4.69, 9.17) is 0 Å². The Kier molecular flexibility index (Phi) is 3.20. The molecule has 1 saturated carbocycles. The average molecular weight is 199 g/mol. The van der Waals surface area contributed by atoms with E-state index >= 15 is 0 Å². The molecule has 0 radical (unpaired) electrons. The van der Waals surface area contributed by atoms with Crippen LogP contribution in [0.1, 0.15) is 40.5 Å². The molecule has 1 aliphatic rings. The van der Waals surface area contributed by atoms with E-state index in [2.05, 4.69) is 5.32 Å². The van der Waals surface area contributed by atoms with E-state index < -0.39 is 0 Å². The Balaban J connectivity index is 2.44. The Morgan fingerprint density at radius 2 is 2.21 bits per heavy atom. The van der Waals surface area contributed by atoms with Gasteiger partial charge >= 0.3 is 0 Å². The van der Waals surface area contributed by atoms with Crippen molar-refractivity contribution in [2.24, 2.45) is 11.3 Å². The van der Waals surface area contributed by atoms with Crippen LogP contribution >= 0.6 is 0 Å². The number of rotatable bonds is 3. The molecule has 14 heavy (non-hydrogen) atoms. The first-order valence-corrected chi connectivity index (χ1v) is 5.38. The minimum atomic E-state index is -0.273. The Labute approximate surface area is 85.9 Å². The van der Waals surface area contributed by atoms with Crippen molar-refractivity contribution in [3.63, 3.8) is 0 Å². The molecule has 1 fully saturated rings. The maximum Gasteiger partial charge on any atom is 0.223 e. The van der Waals surface area contributed by atoms with E-state index in [-0.39, 0.29) is 29.4 Å². The van der Waals surface area contributed by atoms with Crippen molar-refractivity contribution in [1.29, 1.82) is 0 Å². The van der Waals surface area contributed by atoms with Gasteiger partial charge in [-0.15, -0.1) is 0 Å². The lowest BCUT2D eigenvalue weighted by atomic mass is 9.64. The van der Waals surface area contributed by atoms with Crippen LogP contribution in [0.3, 0.4) is 0 Å². The van der Waals surface area contributed by atoms with Gasteiger partial charge < -0.3 is 10.4 Å². The molecule has 0 spiro atoms. The molecule has 2 N–H and O–H groups in total. The highest BCUT2D eigenvalue weighted by Crippen LogP contribution is 2.40. The summed E-state index contributed by atoms with van der Waals surface area (Å²) in [7, 11) is 0. The first-order valence-electron chi connectivity index (χ1n) is 5.38. The number of hydrogen-bond acceptors (Lipinski definition) is 2. The van der Waals surface area contributed by atoms with Crippen LogP contribution in [0.4, 0.5) is 0 Å². The first kappa shape index (κ1) is 11.5. The van der Waals surface area contributed by atoms with E-state index in [1.54, 1.807) is 0 Å². The molecule has 1 amide bonds. The van der Waals surface area contributed by atoms with E-state index in [0.29, 0.717) is 6.42 Å². The van der Waals surface area contributed by atoms with Crippen LogP contribution in [-0.2, 0) is 4.79 Å². The number of aliphatic hydroxyl groups is 1. The number of aliphatic hydroxyl groups excluding tert-OH is 1. The normalized spacial score (nSPS) is 31.8. The zero-order valence-corrected chi connectivity index (χ0v) is 9.50. The summed E-state index contributed by atoms with van der Waals surface area (Å²) in [6.07, 6.45) is 1.28. The van der Waals surface area contributed by atoms with Crippen molar-refractivity contribution in [1.82, 2.24) is 5.32 Å². The highest BCUT2D eigenvalue weighted by atomic mass is 16.3. The lowest BCUT2D eigenvalue weighted by Crippen LogP contribution is -2.61. The minimum Gasteiger partial charge on any atom is -0.392 e. The summed E-state index contributed by atoms with van der Waals surface area (Å²) in [5, 5.41) is 12.5. The van der Waals surface area contributed by atoms with Crippen LogP contribution in [0.25, 0.3) is 0 Å². The van der Waals surface area contributed by atoms with Crippen molar-refractivity contribution >= 4 is 5.91 Å². The standard InChI is InChI=1S/C11H21NO2/c1-5-7(2)10(14)12-8-6-9(13)11(8,3)4/h7-9,13H,5-6H2,1-4H3,(H,12,14). The fourth-order valence-electron chi connectivity index (χ4n) is 1.65. The van der Waals surface area contributed by atoms with Gasteiger partial charge in [0.1, 0.15) is 0 Å². The number of amides is 1. The second-order valence-corrected chi connectivity index (χ2v) is 4.94. The van der Waals surface area contributed by atoms with Crippen molar-refractivity contribution in [3.05, 3.63) is 0 Å². The Morgan fingerprint density at radius 1 is 1.64 bits per heavy atom. The molecule has 0 aromatic rings. The fraction of sp³-hybridized carbons (Fsp3) is 0.909. The molecule has 0 aromatic heterocycles. The average Bonchev–Trinajstić information content (AvgIpc) is 2.16. The SMILES string of the molecule is CCC(C)C(=O)NC1CC(O)C1(C)C. The van der Waals surface area contributed by atoms with Crippen molar-refractivity contribution in [2.45, 2.75) is 52.7 Å². The van der Waals surface area contributed by atoms with Gasteiger partial charge in [0.15, 0.2) is 0 Å². The fourth-order valence-corrected chi connectivity index (χ4v) is 1.65. The molecular weight excluding hydrogens is 178 g/mol. The number of carbonyl (C=O) groups excluding carboxylic acids is 1. The zero-order chi connectivity index (χ0) is 10.9. The van der Waals surface area contributed by atoms with Gasteiger partial charge in [-0.1, -0.05) is 27.7 Å². The van der Waals surface area contributed by atoms with Crippen molar-refractivity contribution in [2.75, 3.05) is 0 Å². The summed E-state index contributed by atoms with van der Waals surface area (Å²) in [5.74, 6) is 0.181. The van der Waals surface area contributed by atoms with E-state index in [9.17, 15) is 9.90 Å². The van der Waals surface area contributed by atoms with Crippen molar-refractivity contribution < 1.29 is 9.90 Å². The number of hydrogen-bond donors (Lipinski definition) is 2. The van der Waals surface area contributed by atoms with E-state index in [0.717, 1.165) is 6.42 Å². The molecule has 0 aromatic carbocycles. The second-order valence-electron chi connectivity index (χ2n) is 4.94. The molecule has 1 aliphatic carbocycles. The molecule has 82 valence electrons. The van der Waals surface area contributed by atoms with Crippen LogP contribution in [-0.4, -0.2) is 23.2 Å².